The highest BCUT2D eigenvalue weighted by Crippen LogP contribution is 2.36. The molecule has 4 nitrogen and oxygen atoms in total. The van der Waals surface area contributed by atoms with Crippen molar-refractivity contribution in [2.24, 2.45) is 0 Å². The number of amides is 1. The quantitative estimate of drug-likeness (QED) is 0.221. The van der Waals surface area contributed by atoms with E-state index in [-0.39, 0.29) is 10.9 Å². The number of ketones is 1. The molecule has 0 fully saturated rings. The molecule has 0 spiro atoms. The third-order valence-corrected chi connectivity index (χ3v) is 6.87. The van der Waals surface area contributed by atoms with Crippen LogP contribution in [0, 0.1) is 0 Å². The molecule has 4 rings (SSSR count). The van der Waals surface area contributed by atoms with Crippen molar-refractivity contribution in [3.63, 3.8) is 0 Å². The van der Waals surface area contributed by atoms with Crippen LogP contribution in [0.5, 0.6) is 0 Å². The summed E-state index contributed by atoms with van der Waals surface area (Å²) in [5, 5.41) is 7.56. The van der Waals surface area contributed by atoms with Gasteiger partial charge < -0.3 is 5.32 Å². The van der Waals surface area contributed by atoms with Gasteiger partial charge in [-0.05, 0) is 42.5 Å². The molecule has 9 heteroatoms. The van der Waals surface area contributed by atoms with Gasteiger partial charge in [0.2, 0.25) is 0 Å². The summed E-state index contributed by atoms with van der Waals surface area (Å²) < 4.78 is 0.792. The molecule has 32 heavy (non-hydrogen) atoms. The largest absolute Gasteiger partial charge is 0.332 e. The molecule has 0 unspecified atom stereocenters. The van der Waals surface area contributed by atoms with E-state index in [0.29, 0.717) is 36.8 Å². The van der Waals surface area contributed by atoms with Gasteiger partial charge in [0.15, 0.2) is 10.9 Å². The van der Waals surface area contributed by atoms with E-state index in [2.05, 4.69) is 10.6 Å². The Balaban J connectivity index is 1.55. The predicted octanol–water partition coefficient (Wildman–Crippen LogP) is 7.22. The first-order valence-electron chi connectivity index (χ1n) is 9.22. The summed E-state index contributed by atoms with van der Waals surface area (Å²) >= 11 is 25.0. The Bertz CT molecular complexity index is 1370. The molecule has 0 radical (unpaired) electrons. The Kier molecular flexibility index (Phi) is 6.79. The molecule has 0 bridgehead atoms. The van der Waals surface area contributed by atoms with Crippen molar-refractivity contribution in [2.45, 2.75) is 0 Å². The van der Waals surface area contributed by atoms with Crippen molar-refractivity contribution in [2.75, 3.05) is 5.32 Å². The zero-order valence-corrected chi connectivity index (χ0v) is 20.0. The topological polar surface area (TPSA) is 58.2 Å². The van der Waals surface area contributed by atoms with E-state index in [1.165, 1.54) is 11.3 Å². The number of nitrogens with one attached hydrogen (secondary N) is 2. The van der Waals surface area contributed by atoms with Gasteiger partial charge in [-0.2, -0.15) is 0 Å². The van der Waals surface area contributed by atoms with Crippen LogP contribution >= 0.6 is 58.4 Å². The maximum Gasteiger partial charge on any atom is 0.269 e. The Morgan fingerprint density at radius 2 is 1.56 bits per heavy atom. The van der Waals surface area contributed by atoms with Gasteiger partial charge in [-0.15, -0.1) is 11.3 Å². The number of hydrogen-bond donors (Lipinski definition) is 2. The fraction of sp³-hybridized carbons (Fsp3) is 0. The highest BCUT2D eigenvalue weighted by molar-refractivity contribution is 7.80. The second-order valence-electron chi connectivity index (χ2n) is 6.68. The van der Waals surface area contributed by atoms with Crippen molar-refractivity contribution >= 4 is 90.9 Å². The molecule has 1 aromatic heterocycles. The van der Waals surface area contributed by atoms with Crippen molar-refractivity contribution in [3.8, 4) is 0 Å². The van der Waals surface area contributed by atoms with Crippen LogP contribution in [0.3, 0.4) is 0 Å². The number of benzene rings is 3. The highest BCUT2D eigenvalue weighted by atomic mass is 35.5. The number of carbonyl (C=O) groups excluding carboxylic acids is 2. The monoisotopic (exact) mass is 518 g/mol. The number of carbonyl (C=O) groups is 2. The van der Waals surface area contributed by atoms with Gasteiger partial charge in [-0.1, -0.05) is 71.2 Å². The molecule has 1 heterocycles. The summed E-state index contributed by atoms with van der Waals surface area (Å²) in [6.45, 7) is 0. The molecular weight excluding hydrogens is 507 g/mol. The van der Waals surface area contributed by atoms with E-state index >= 15 is 0 Å². The Morgan fingerprint density at radius 3 is 2.31 bits per heavy atom. The predicted molar refractivity (Wildman–Crippen MR) is 137 cm³/mol. The SMILES string of the molecule is O=C(c1ccccc1)c1cc(Cl)ccc1NC(=S)NC(=O)c1sc2cc(Cl)ccc2c1Cl. The molecule has 0 aliphatic carbocycles. The van der Waals surface area contributed by atoms with Crippen LogP contribution in [0.4, 0.5) is 5.69 Å². The second kappa shape index (κ2) is 9.57. The molecule has 160 valence electrons. The maximum atomic E-state index is 13.0. The molecule has 0 aliphatic heterocycles. The first kappa shape index (κ1) is 22.7. The van der Waals surface area contributed by atoms with Gasteiger partial charge in [-0.25, -0.2) is 0 Å². The van der Waals surface area contributed by atoms with Crippen LogP contribution in [0.15, 0.2) is 66.7 Å². The Morgan fingerprint density at radius 1 is 0.875 bits per heavy atom. The second-order valence-corrected chi connectivity index (χ2v) is 9.39. The molecular formula is C23H13Cl3N2O2S2. The van der Waals surface area contributed by atoms with Gasteiger partial charge >= 0.3 is 0 Å². The van der Waals surface area contributed by atoms with Gasteiger partial charge in [0.25, 0.3) is 5.91 Å². The van der Waals surface area contributed by atoms with E-state index < -0.39 is 5.91 Å². The fourth-order valence-electron chi connectivity index (χ4n) is 3.06. The number of halogens is 3. The van der Waals surface area contributed by atoms with Gasteiger partial charge in [0, 0.05) is 31.3 Å². The van der Waals surface area contributed by atoms with Crippen molar-refractivity contribution in [1.82, 2.24) is 5.32 Å². The average molecular weight is 520 g/mol. The number of fused-ring (bicyclic) bond motifs is 1. The molecule has 0 saturated heterocycles. The van der Waals surface area contributed by atoms with Gasteiger partial charge in [0.1, 0.15) is 4.88 Å². The average Bonchev–Trinajstić information content (AvgIpc) is 3.10. The van der Waals surface area contributed by atoms with Crippen LogP contribution in [0.25, 0.3) is 10.1 Å². The third-order valence-electron chi connectivity index (χ3n) is 4.54. The van der Waals surface area contributed by atoms with Gasteiger partial charge in [-0.3, -0.25) is 14.9 Å². The van der Waals surface area contributed by atoms with Crippen LogP contribution in [-0.4, -0.2) is 16.8 Å². The van der Waals surface area contributed by atoms with Crippen LogP contribution in [-0.2, 0) is 0 Å². The lowest BCUT2D eigenvalue weighted by molar-refractivity contribution is 0.0981. The van der Waals surface area contributed by atoms with Crippen molar-refractivity contribution in [1.29, 1.82) is 0 Å². The normalized spacial score (nSPS) is 10.7. The minimum atomic E-state index is -0.463. The molecule has 1 amide bonds. The van der Waals surface area contributed by atoms with Crippen LogP contribution in [0.1, 0.15) is 25.6 Å². The van der Waals surface area contributed by atoms with E-state index in [1.807, 2.05) is 6.07 Å². The molecule has 0 saturated carbocycles. The Hall–Kier alpha value is -2.48. The van der Waals surface area contributed by atoms with E-state index in [0.717, 1.165) is 10.1 Å². The molecule has 4 aromatic rings. The van der Waals surface area contributed by atoms with Crippen molar-refractivity contribution in [3.05, 3.63) is 97.8 Å². The minimum Gasteiger partial charge on any atom is -0.332 e. The number of anilines is 1. The van der Waals surface area contributed by atoms with Gasteiger partial charge in [0.05, 0.1) is 10.7 Å². The maximum absolute atomic E-state index is 13.0. The lowest BCUT2D eigenvalue weighted by Crippen LogP contribution is -2.34. The van der Waals surface area contributed by atoms with Crippen molar-refractivity contribution < 1.29 is 9.59 Å². The first-order valence-corrected chi connectivity index (χ1v) is 11.6. The smallest absolute Gasteiger partial charge is 0.269 e. The third kappa shape index (κ3) is 4.80. The highest BCUT2D eigenvalue weighted by Gasteiger charge is 2.20. The standard InChI is InChI=1S/C23H13Cl3N2O2S2/c24-13-7-9-17(16(10-13)20(29)12-4-2-1-3-5-12)27-23(31)28-22(30)21-19(26)15-8-6-14(25)11-18(15)32-21/h1-11H,(H2,27,28,30,31). The summed E-state index contributed by atoms with van der Waals surface area (Å²) in [6, 6.07) is 18.8. The van der Waals surface area contributed by atoms with Crippen LogP contribution in [0.2, 0.25) is 15.1 Å². The number of hydrogen-bond acceptors (Lipinski definition) is 4. The van der Waals surface area contributed by atoms with E-state index in [9.17, 15) is 9.59 Å². The summed E-state index contributed by atoms with van der Waals surface area (Å²) in [7, 11) is 0. The lowest BCUT2D eigenvalue weighted by atomic mass is 10.0. The first-order chi connectivity index (χ1) is 15.3. The molecule has 0 aliphatic rings. The van der Waals surface area contributed by atoms with E-state index in [1.54, 1.807) is 60.7 Å². The number of thiocarbonyl (C=S) groups is 1. The number of thiophene rings is 1. The molecule has 3 aromatic carbocycles. The zero-order valence-electron chi connectivity index (χ0n) is 16.1. The lowest BCUT2D eigenvalue weighted by Gasteiger charge is -2.13. The summed E-state index contributed by atoms with van der Waals surface area (Å²) in [4.78, 5) is 26.1. The summed E-state index contributed by atoms with van der Waals surface area (Å²) in [5.74, 6) is -0.691. The summed E-state index contributed by atoms with van der Waals surface area (Å²) in [5.41, 5.74) is 1.25. The summed E-state index contributed by atoms with van der Waals surface area (Å²) in [6.07, 6.45) is 0. The molecule has 2 N–H and O–H groups in total. The number of rotatable bonds is 4. The zero-order chi connectivity index (χ0) is 22.8. The fourth-order valence-corrected chi connectivity index (χ4v) is 5.12. The van der Waals surface area contributed by atoms with E-state index in [4.69, 9.17) is 47.0 Å². The Labute approximate surface area is 208 Å². The minimum absolute atomic E-state index is 0.0194. The van der Waals surface area contributed by atoms with Crippen LogP contribution < -0.4 is 10.6 Å². The molecule has 0 atom stereocenters.